The molecule has 1 amide bonds. The van der Waals surface area contributed by atoms with Gasteiger partial charge >= 0.3 is 138 Å². The van der Waals surface area contributed by atoms with E-state index in [2.05, 4.69) is 0 Å². The predicted molar refractivity (Wildman–Crippen MR) is 93.5 cm³/mol. The van der Waals surface area contributed by atoms with Gasteiger partial charge in [-0.05, 0) is 0 Å². The summed E-state index contributed by atoms with van der Waals surface area (Å²) in [6.07, 6.45) is 0. The molecule has 0 saturated heterocycles. The molecule has 2 aromatic carbocycles. The van der Waals surface area contributed by atoms with Gasteiger partial charge in [0.2, 0.25) is 0 Å². The third-order valence-electron chi connectivity index (χ3n) is 3.20. The summed E-state index contributed by atoms with van der Waals surface area (Å²) in [7, 11) is 3.53. The molecule has 0 N–H and O–H groups in total. The van der Waals surface area contributed by atoms with Gasteiger partial charge in [-0.1, -0.05) is 0 Å². The van der Waals surface area contributed by atoms with Crippen LogP contribution >= 0.6 is 0 Å². The molecule has 0 unspecified atom stereocenters. The van der Waals surface area contributed by atoms with Crippen molar-refractivity contribution in [2.45, 2.75) is 13.8 Å². The van der Waals surface area contributed by atoms with Crippen LogP contribution in [0.3, 0.4) is 0 Å². The Morgan fingerprint density at radius 2 is 1.55 bits per heavy atom. The normalized spacial score (nSPS) is 11.4. The van der Waals surface area contributed by atoms with E-state index in [0.29, 0.717) is 4.61 Å². The minimum atomic E-state index is -0.114. The average molecular weight is 359 g/mol. The van der Waals surface area contributed by atoms with Crippen molar-refractivity contribution in [2.75, 3.05) is 14.1 Å². The summed E-state index contributed by atoms with van der Waals surface area (Å²) in [6.45, 7) is 4.05. The van der Waals surface area contributed by atoms with Crippen molar-refractivity contribution >= 4 is 35.6 Å². The van der Waals surface area contributed by atoms with Crippen LogP contribution in [0.2, 0.25) is 0 Å². The zero-order valence-corrected chi connectivity index (χ0v) is 15.0. The minimum absolute atomic E-state index is 0.0218. The Hall–Kier alpha value is -1.90. The van der Waals surface area contributed by atoms with E-state index in [0.717, 1.165) is 21.3 Å². The van der Waals surface area contributed by atoms with Crippen molar-refractivity contribution in [3.8, 4) is 0 Å². The molecule has 0 aromatic heterocycles. The molecule has 22 heavy (non-hydrogen) atoms. The van der Waals surface area contributed by atoms with Crippen LogP contribution in [0.4, 0.5) is 5.69 Å². The number of hydrogen-bond donors (Lipinski definition) is 0. The number of carbonyl (C=O) groups is 1. The standard InChI is InChI=1S/C18H20N2OSe/c1-13-9-8-10-14(2)16(13)19-17(18(21)20(3)4)22-15-11-6-5-7-12-15/h5-12H,1-4H3. The summed E-state index contributed by atoms with van der Waals surface area (Å²) in [5, 5.41) is 0. The van der Waals surface area contributed by atoms with Crippen LogP contribution in [0, 0.1) is 13.8 Å². The molecule has 3 nitrogen and oxygen atoms in total. The summed E-state index contributed by atoms with van der Waals surface area (Å²) in [6, 6.07) is 16.1. The van der Waals surface area contributed by atoms with Gasteiger partial charge in [0.05, 0.1) is 0 Å². The van der Waals surface area contributed by atoms with E-state index >= 15 is 0 Å². The number of nitrogens with zero attached hydrogens (tertiary/aromatic N) is 2. The average Bonchev–Trinajstić information content (AvgIpc) is 2.50. The van der Waals surface area contributed by atoms with Crippen molar-refractivity contribution < 1.29 is 4.79 Å². The third-order valence-corrected chi connectivity index (χ3v) is 5.23. The van der Waals surface area contributed by atoms with E-state index in [9.17, 15) is 4.79 Å². The molecule has 2 aromatic rings. The van der Waals surface area contributed by atoms with Crippen molar-refractivity contribution in [1.82, 2.24) is 4.90 Å². The topological polar surface area (TPSA) is 32.7 Å². The number of benzene rings is 2. The summed E-state index contributed by atoms with van der Waals surface area (Å²) < 4.78 is 1.77. The number of para-hydroxylation sites is 1. The van der Waals surface area contributed by atoms with E-state index < -0.39 is 0 Å². The van der Waals surface area contributed by atoms with Crippen molar-refractivity contribution in [3.63, 3.8) is 0 Å². The zero-order valence-electron chi connectivity index (χ0n) is 13.3. The molecule has 0 bridgehead atoms. The molecule has 0 aliphatic carbocycles. The van der Waals surface area contributed by atoms with Crippen LogP contribution in [0.5, 0.6) is 0 Å². The molecule has 0 fully saturated rings. The van der Waals surface area contributed by atoms with Crippen molar-refractivity contribution in [2.24, 2.45) is 4.99 Å². The van der Waals surface area contributed by atoms with E-state index in [4.69, 9.17) is 4.99 Å². The molecule has 2 rings (SSSR count). The second-order valence-corrected chi connectivity index (χ2v) is 7.50. The van der Waals surface area contributed by atoms with Gasteiger partial charge in [-0.3, -0.25) is 0 Å². The Morgan fingerprint density at radius 1 is 0.955 bits per heavy atom. The second-order valence-electron chi connectivity index (χ2n) is 5.27. The summed E-state index contributed by atoms with van der Waals surface area (Å²) in [5.41, 5.74) is 3.09. The van der Waals surface area contributed by atoms with Gasteiger partial charge in [0.1, 0.15) is 0 Å². The van der Waals surface area contributed by atoms with Gasteiger partial charge in [-0.25, -0.2) is 0 Å². The van der Waals surface area contributed by atoms with Crippen LogP contribution in [0.1, 0.15) is 11.1 Å². The quantitative estimate of drug-likeness (QED) is 0.610. The Labute approximate surface area is 138 Å². The fourth-order valence-corrected chi connectivity index (χ4v) is 3.93. The molecule has 0 aliphatic heterocycles. The molecule has 0 spiro atoms. The monoisotopic (exact) mass is 360 g/mol. The van der Waals surface area contributed by atoms with E-state index in [1.807, 2.05) is 62.4 Å². The Bertz CT molecular complexity index is 673. The molecule has 0 atom stereocenters. The van der Waals surface area contributed by atoms with Gasteiger partial charge in [0.25, 0.3) is 0 Å². The van der Waals surface area contributed by atoms with Gasteiger partial charge in [-0.2, -0.15) is 0 Å². The number of rotatable bonds is 4. The van der Waals surface area contributed by atoms with Gasteiger partial charge in [0, 0.05) is 0 Å². The van der Waals surface area contributed by atoms with Crippen molar-refractivity contribution in [3.05, 3.63) is 59.7 Å². The molecule has 0 aliphatic rings. The SMILES string of the molecule is Cc1cccc(C)c1N=C([Se]c1ccccc1)C(=O)N(C)C. The first-order valence-corrected chi connectivity index (χ1v) is 8.80. The predicted octanol–water partition coefficient (Wildman–Crippen LogP) is 2.45. The van der Waals surface area contributed by atoms with Crippen LogP contribution in [0.25, 0.3) is 0 Å². The van der Waals surface area contributed by atoms with E-state index in [-0.39, 0.29) is 20.9 Å². The first-order valence-electron chi connectivity index (χ1n) is 7.08. The number of hydrogen-bond acceptors (Lipinski definition) is 2. The number of amides is 1. The van der Waals surface area contributed by atoms with Crippen molar-refractivity contribution in [1.29, 1.82) is 0 Å². The first-order chi connectivity index (χ1) is 10.5. The maximum absolute atomic E-state index is 12.5. The van der Waals surface area contributed by atoms with E-state index in [1.165, 1.54) is 0 Å². The van der Waals surface area contributed by atoms with Crippen LogP contribution in [-0.2, 0) is 4.79 Å². The fourth-order valence-electron chi connectivity index (χ4n) is 1.99. The number of aryl methyl sites for hydroxylation is 2. The fraction of sp³-hybridized carbons (Fsp3) is 0.222. The molecule has 114 valence electrons. The molecular weight excluding hydrogens is 339 g/mol. The van der Waals surface area contributed by atoms with Crippen LogP contribution in [-0.4, -0.2) is 44.5 Å². The molecule has 0 heterocycles. The summed E-state index contributed by atoms with van der Waals surface area (Å²) >= 11 is -0.114. The molecular formula is C18H20N2OSe. The first kappa shape index (κ1) is 16.5. The van der Waals surface area contributed by atoms with Gasteiger partial charge in [-0.15, -0.1) is 0 Å². The molecule has 0 saturated carbocycles. The second kappa shape index (κ2) is 7.39. The Morgan fingerprint density at radius 3 is 2.09 bits per heavy atom. The Kier molecular flexibility index (Phi) is 5.53. The molecule has 0 radical (unpaired) electrons. The number of carbonyl (C=O) groups excluding carboxylic acids is 1. The van der Waals surface area contributed by atoms with Crippen LogP contribution < -0.4 is 4.46 Å². The zero-order chi connectivity index (χ0) is 16.1. The Balaban J connectivity index is 2.44. The molecule has 4 heteroatoms. The number of aliphatic imine (C=N–C) groups is 1. The van der Waals surface area contributed by atoms with E-state index in [1.54, 1.807) is 19.0 Å². The third kappa shape index (κ3) is 4.06. The summed E-state index contributed by atoms with van der Waals surface area (Å²) in [4.78, 5) is 18.8. The van der Waals surface area contributed by atoms with Gasteiger partial charge < -0.3 is 0 Å². The van der Waals surface area contributed by atoms with Crippen LogP contribution in [0.15, 0.2) is 53.5 Å². The summed E-state index contributed by atoms with van der Waals surface area (Å²) in [5.74, 6) is -0.0218. The maximum atomic E-state index is 12.5. The van der Waals surface area contributed by atoms with Gasteiger partial charge in [0.15, 0.2) is 0 Å².